The first-order valence-electron chi connectivity index (χ1n) is 5.81. The van der Waals surface area contributed by atoms with E-state index in [1.807, 2.05) is 20.8 Å². The molecular weight excluding hydrogens is 206 g/mol. The Morgan fingerprint density at radius 2 is 1.81 bits per heavy atom. The minimum Gasteiger partial charge on any atom is -0.444 e. The molecule has 0 unspecified atom stereocenters. The lowest BCUT2D eigenvalue weighted by Crippen LogP contribution is -2.51. The molecule has 1 aliphatic carbocycles. The highest BCUT2D eigenvalue weighted by atomic mass is 16.6. The van der Waals surface area contributed by atoms with Crippen LogP contribution in [0.3, 0.4) is 0 Å². The summed E-state index contributed by atoms with van der Waals surface area (Å²) in [7, 11) is 0. The van der Waals surface area contributed by atoms with Gasteiger partial charge in [0, 0.05) is 0 Å². The second-order valence-electron chi connectivity index (χ2n) is 6.11. The van der Waals surface area contributed by atoms with Crippen molar-refractivity contribution < 1.29 is 14.6 Å². The van der Waals surface area contributed by atoms with Gasteiger partial charge in [-0.2, -0.15) is 0 Å². The molecule has 1 aliphatic rings. The molecule has 1 saturated carbocycles. The molecule has 1 fully saturated rings. The number of hydrogen-bond acceptors (Lipinski definition) is 3. The van der Waals surface area contributed by atoms with Crippen LogP contribution in [0, 0.1) is 5.92 Å². The molecule has 2 N–H and O–H groups in total. The van der Waals surface area contributed by atoms with Gasteiger partial charge >= 0.3 is 6.09 Å². The molecule has 0 bridgehead atoms. The number of hydrogen-bond donors (Lipinski definition) is 2. The maximum atomic E-state index is 11.6. The van der Waals surface area contributed by atoms with Crippen LogP contribution in [0.4, 0.5) is 4.79 Å². The van der Waals surface area contributed by atoms with Crippen molar-refractivity contribution in [3.05, 3.63) is 0 Å². The van der Waals surface area contributed by atoms with Crippen LogP contribution in [0.5, 0.6) is 0 Å². The standard InChI is InChI=1S/C12H23NO3/c1-11(2,3)16-10(14)13-9(8-6-7-8)12(4,5)15/h8-9,15H,6-7H2,1-5H3,(H,13,14)/t9-/m1/s1. The monoisotopic (exact) mass is 229 g/mol. The second kappa shape index (κ2) is 4.24. The molecule has 1 atom stereocenters. The van der Waals surface area contributed by atoms with Crippen molar-refractivity contribution in [2.24, 2.45) is 5.92 Å². The summed E-state index contributed by atoms with van der Waals surface area (Å²) in [4.78, 5) is 11.6. The highest BCUT2D eigenvalue weighted by Crippen LogP contribution is 2.37. The molecule has 1 rings (SSSR count). The zero-order valence-corrected chi connectivity index (χ0v) is 10.8. The molecule has 1 amide bonds. The third kappa shape index (κ3) is 4.39. The minimum absolute atomic E-state index is 0.220. The molecule has 16 heavy (non-hydrogen) atoms. The first-order valence-corrected chi connectivity index (χ1v) is 5.81. The summed E-state index contributed by atoms with van der Waals surface area (Å²) in [5, 5.41) is 12.7. The van der Waals surface area contributed by atoms with Crippen molar-refractivity contribution in [1.29, 1.82) is 0 Å². The molecule has 0 aromatic heterocycles. The molecule has 0 aromatic carbocycles. The third-order valence-electron chi connectivity index (χ3n) is 2.53. The van der Waals surface area contributed by atoms with Crippen molar-refractivity contribution in [2.45, 2.75) is 64.7 Å². The van der Waals surface area contributed by atoms with Gasteiger partial charge in [-0.1, -0.05) is 0 Å². The smallest absolute Gasteiger partial charge is 0.407 e. The molecular formula is C12H23NO3. The Hall–Kier alpha value is -0.770. The Labute approximate surface area is 97.4 Å². The highest BCUT2D eigenvalue weighted by molar-refractivity contribution is 5.68. The molecule has 0 aliphatic heterocycles. The van der Waals surface area contributed by atoms with E-state index in [0.717, 1.165) is 12.8 Å². The first kappa shape index (κ1) is 13.3. The van der Waals surface area contributed by atoms with Gasteiger partial charge in [0.2, 0.25) is 0 Å². The Balaban J connectivity index is 2.53. The number of carbonyl (C=O) groups excluding carboxylic acids is 1. The van der Waals surface area contributed by atoms with E-state index in [2.05, 4.69) is 5.32 Å². The number of alkyl carbamates (subject to hydrolysis) is 1. The molecule has 0 radical (unpaired) electrons. The summed E-state index contributed by atoms with van der Waals surface area (Å²) in [6, 6.07) is -0.220. The van der Waals surface area contributed by atoms with E-state index in [1.54, 1.807) is 13.8 Å². The van der Waals surface area contributed by atoms with Crippen LogP contribution in [0.25, 0.3) is 0 Å². The predicted molar refractivity (Wildman–Crippen MR) is 62.2 cm³/mol. The van der Waals surface area contributed by atoms with Crippen LogP contribution in [0.15, 0.2) is 0 Å². The van der Waals surface area contributed by atoms with Crippen LogP contribution < -0.4 is 5.32 Å². The van der Waals surface area contributed by atoms with E-state index < -0.39 is 17.3 Å². The summed E-state index contributed by atoms with van der Waals surface area (Å²) >= 11 is 0. The van der Waals surface area contributed by atoms with Crippen LogP contribution in [0.1, 0.15) is 47.5 Å². The normalized spacial score (nSPS) is 19.1. The second-order valence-corrected chi connectivity index (χ2v) is 6.11. The zero-order chi connectivity index (χ0) is 12.6. The summed E-state index contributed by atoms with van der Waals surface area (Å²) < 4.78 is 5.18. The highest BCUT2D eigenvalue weighted by Gasteiger charge is 2.41. The number of aliphatic hydroxyl groups is 1. The van der Waals surface area contributed by atoms with Gasteiger partial charge in [-0.05, 0) is 53.4 Å². The number of amides is 1. The maximum Gasteiger partial charge on any atom is 0.407 e. The fourth-order valence-electron chi connectivity index (χ4n) is 1.74. The Morgan fingerprint density at radius 1 is 1.31 bits per heavy atom. The lowest BCUT2D eigenvalue weighted by molar-refractivity contribution is 0.0113. The van der Waals surface area contributed by atoms with Crippen molar-refractivity contribution in [3.8, 4) is 0 Å². The lowest BCUT2D eigenvalue weighted by atomic mass is 9.95. The van der Waals surface area contributed by atoms with E-state index in [1.165, 1.54) is 0 Å². The topological polar surface area (TPSA) is 58.6 Å². The summed E-state index contributed by atoms with van der Waals surface area (Å²) in [5.41, 5.74) is -1.41. The van der Waals surface area contributed by atoms with Crippen molar-refractivity contribution >= 4 is 6.09 Å². The van der Waals surface area contributed by atoms with E-state index in [-0.39, 0.29) is 6.04 Å². The van der Waals surface area contributed by atoms with Gasteiger partial charge in [-0.3, -0.25) is 0 Å². The Morgan fingerprint density at radius 3 is 2.12 bits per heavy atom. The molecule has 0 heterocycles. The maximum absolute atomic E-state index is 11.6. The number of nitrogens with one attached hydrogen (secondary N) is 1. The molecule has 0 saturated heterocycles. The summed E-state index contributed by atoms with van der Waals surface area (Å²) in [6.07, 6.45) is 1.67. The molecule has 4 nitrogen and oxygen atoms in total. The zero-order valence-electron chi connectivity index (χ0n) is 10.8. The average molecular weight is 229 g/mol. The summed E-state index contributed by atoms with van der Waals surface area (Å²) in [5.74, 6) is 0.382. The van der Waals surface area contributed by atoms with E-state index in [9.17, 15) is 9.90 Å². The quantitative estimate of drug-likeness (QED) is 0.778. The van der Waals surface area contributed by atoms with Gasteiger partial charge in [0.05, 0.1) is 11.6 Å². The number of ether oxygens (including phenoxy) is 1. The predicted octanol–water partition coefficient (Wildman–Crippen LogP) is 2.06. The Bertz CT molecular complexity index is 258. The fraction of sp³-hybridized carbons (Fsp3) is 0.917. The van der Waals surface area contributed by atoms with Gasteiger partial charge in [0.15, 0.2) is 0 Å². The van der Waals surface area contributed by atoms with E-state index in [4.69, 9.17) is 4.74 Å². The van der Waals surface area contributed by atoms with Crippen LogP contribution >= 0.6 is 0 Å². The Kier molecular flexibility index (Phi) is 3.53. The molecule has 94 valence electrons. The summed E-state index contributed by atoms with van der Waals surface area (Å²) in [6.45, 7) is 8.90. The SMILES string of the molecule is CC(C)(C)OC(=O)N[C@H](C1CC1)C(C)(C)O. The third-order valence-corrected chi connectivity index (χ3v) is 2.53. The van der Waals surface area contributed by atoms with Crippen LogP contribution in [0.2, 0.25) is 0 Å². The van der Waals surface area contributed by atoms with Crippen molar-refractivity contribution in [2.75, 3.05) is 0 Å². The van der Waals surface area contributed by atoms with Crippen LogP contribution in [-0.2, 0) is 4.74 Å². The minimum atomic E-state index is -0.905. The largest absolute Gasteiger partial charge is 0.444 e. The fourth-order valence-corrected chi connectivity index (χ4v) is 1.74. The lowest BCUT2D eigenvalue weighted by Gasteiger charge is -2.31. The van der Waals surface area contributed by atoms with E-state index in [0.29, 0.717) is 5.92 Å². The van der Waals surface area contributed by atoms with Gasteiger partial charge in [-0.15, -0.1) is 0 Å². The molecule has 0 aromatic rings. The average Bonchev–Trinajstić information content (AvgIpc) is 2.76. The molecule has 4 heteroatoms. The van der Waals surface area contributed by atoms with Crippen molar-refractivity contribution in [1.82, 2.24) is 5.32 Å². The van der Waals surface area contributed by atoms with Gasteiger partial charge < -0.3 is 15.2 Å². The number of rotatable bonds is 3. The van der Waals surface area contributed by atoms with Gasteiger partial charge in [0.25, 0.3) is 0 Å². The van der Waals surface area contributed by atoms with Crippen LogP contribution in [-0.4, -0.2) is 28.4 Å². The first-order chi connectivity index (χ1) is 7.09. The van der Waals surface area contributed by atoms with Gasteiger partial charge in [-0.25, -0.2) is 4.79 Å². The van der Waals surface area contributed by atoms with E-state index >= 15 is 0 Å². The van der Waals surface area contributed by atoms with Crippen molar-refractivity contribution in [3.63, 3.8) is 0 Å². The number of carbonyl (C=O) groups is 1. The molecule has 0 spiro atoms. The van der Waals surface area contributed by atoms with Gasteiger partial charge in [0.1, 0.15) is 5.60 Å².